The van der Waals surface area contributed by atoms with E-state index in [9.17, 15) is 0 Å². The summed E-state index contributed by atoms with van der Waals surface area (Å²) in [6.07, 6.45) is 0. The lowest BCUT2D eigenvalue weighted by molar-refractivity contribution is 0.670. The van der Waals surface area contributed by atoms with E-state index in [1.165, 1.54) is 25.6 Å². The summed E-state index contributed by atoms with van der Waals surface area (Å²) in [6, 6.07) is 67.3. The van der Waals surface area contributed by atoms with Crippen LogP contribution in [0.3, 0.4) is 0 Å². The summed E-state index contributed by atoms with van der Waals surface area (Å²) in [5, 5.41) is 5.91. The van der Waals surface area contributed by atoms with E-state index in [1.807, 2.05) is 24.3 Å². The first-order valence-corrected chi connectivity index (χ1v) is 20.8. The minimum Gasteiger partial charge on any atom is -0.455 e. The van der Waals surface area contributed by atoms with Crippen LogP contribution in [0.15, 0.2) is 199 Å². The van der Waals surface area contributed by atoms with E-state index < -0.39 is 0 Å². The zero-order valence-electron chi connectivity index (χ0n) is 32.1. The lowest BCUT2D eigenvalue weighted by Crippen LogP contribution is -2.00. The van der Waals surface area contributed by atoms with Gasteiger partial charge in [0.05, 0.1) is 15.9 Å². The van der Waals surface area contributed by atoms with Crippen molar-refractivity contribution in [3.8, 4) is 67.7 Å². The molecule has 0 atom stereocenters. The van der Waals surface area contributed by atoms with Crippen molar-refractivity contribution in [3.63, 3.8) is 0 Å². The maximum atomic E-state index is 6.37. The fourth-order valence-electron chi connectivity index (χ4n) is 8.39. The van der Waals surface area contributed by atoms with Crippen molar-refractivity contribution in [2.24, 2.45) is 0 Å². The molecule has 0 unspecified atom stereocenters. The zero-order valence-corrected chi connectivity index (χ0v) is 32.9. The largest absolute Gasteiger partial charge is 0.455 e. The zero-order chi connectivity index (χ0) is 39.6. The minimum atomic E-state index is 0.600. The average Bonchev–Trinajstić information content (AvgIpc) is 3.91. The highest BCUT2D eigenvalue weighted by Crippen LogP contribution is 2.43. The topological polar surface area (TPSA) is 64.7 Å². The molecule has 0 bridgehead atoms. The van der Waals surface area contributed by atoms with Crippen molar-refractivity contribution in [1.82, 2.24) is 19.9 Å². The molecule has 8 aromatic carbocycles. The molecule has 0 amide bonds. The van der Waals surface area contributed by atoms with Crippen LogP contribution in [0.2, 0.25) is 0 Å². The van der Waals surface area contributed by atoms with E-state index in [-0.39, 0.29) is 0 Å². The standard InChI is InChI=1S/C54H32N4OS/c1-2-11-33(12-3-1)34-21-27-37(28-22-34)52-56-53(38-29-23-35(24-30-38)40-16-10-17-42-41-13-5-8-19-46(41)59-50(40)42)58-54(57-52)39-31-25-36(26-32-39)49-51-48(43-14-4-7-18-45(43)55-49)44-15-6-9-20-47(44)60-51/h1-32H. The number of hydrogen-bond donors (Lipinski definition) is 0. The SMILES string of the molecule is c1ccc(-c2ccc(-c3nc(-c4ccc(-c5cccc6c5oc5ccccc56)cc4)nc(-c4ccc(-c5nc6ccccc6c6c5sc5ccccc56)cc4)n3)cc2)cc1. The molecular weight excluding hydrogens is 753 g/mol. The summed E-state index contributed by atoms with van der Waals surface area (Å²) in [7, 11) is 0. The molecule has 280 valence electrons. The normalized spacial score (nSPS) is 11.7. The van der Waals surface area contributed by atoms with Crippen LogP contribution in [0, 0.1) is 0 Å². The predicted molar refractivity (Wildman–Crippen MR) is 248 cm³/mol. The molecule has 5 nitrogen and oxygen atoms in total. The van der Waals surface area contributed by atoms with Gasteiger partial charge >= 0.3 is 0 Å². The number of nitrogens with zero attached hydrogens (tertiary/aromatic N) is 4. The van der Waals surface area contributed by atoms with Gasteiger partial charge in [0.15, 0.2) is 17.5 Å². The predicted octanol–water partition coefficient (Wildman–Crippen LogP) is 14.7. The van der Waals surface area contributed by atoms with Crippen molar-refractivity contribution in [3.05, 3.63) is 194 Å². The summed E-state index contributed by atoms with van der Waals surface area (Å²) in [5.41, 5.74) is 11.9. The second-order valence-corrected chi connectivity index (χ2v) is 16.0. The van der Waals surface area contributed by atoms with Gasteiger partial charge in [0.25, 0.3) is 0 Å². The van der Waals surface area contributed by atoms with Gasteiger partial charge in [-0.15, -0.1) is 11.3 Å². The van der Waals surface area contributed by atoms with Gasteiger partial charge in [-0.3, -0.25) is 0 Å². The van der Waals surface area contributed by atoms with Crippen LogP contribution in [0.1, 0.15) is 0 Å². The van der Waals surface area contributed by atoms with Crippen LogP contribution >= 0.6 is 11.3 Å². The van der Waals surface area contributed by atoms with Gasteiger partial charge in [0.2, 0.25) is 0 Å². The highest BCUT2D eigenvalue weighted by molar-refractivity contribution is 7.26. The average molecular weight is 785 g/mol. The molecular formula is C54H32N4OS. The Bertz CT molecular complexity index is 3570. The molecule has 60 heavy (non-hydrogen) atoms. The van der Waals surface area contributed by atoms with E-state index in [0.29, 0.717) is 17.5 Å². The van der Waals surface area contributed by atoms with Crippen LogP contribution in [-0.4, -0.2) is 19.9 Å². The lowest BCUT2D eigenvalue weighted by Gasteiger charge is -2.11. The molecule has 0 radical (unpaired) electrons. The number of thiophene rings is 1. The van der Waals surface area contributed by atoms with Crippen molar-refractivity contribution >= 4 is 64.4 Å². The second kappa shape index (κ2) is 13.9. The lowest BCUT2D eigenvalue weighted by atomic mass is 10.0. The molecule has 0 fully saturated rings. The first-order valence-electron chi connectivity index (χ1n) is 20.0. The molecule has 4 heterocycles. The molecule has 0 aliphatic heterocycles. The second-order valence-electron chi connectivity index (χ2n) is 15.0. The number of furan rings is 1. The summed E-state index contributed by atoms with van der Waals surface area (Å²) in [6.45, 7) is 0. The number of para-hydroxylation sites is 3. The molecule has 6 heteroatoms. The molecule has 0 saturated carbocycles. The number of hydrogen-bond acceptors (Lipinski definition) is 6. The molecule has 0 saturated heterocycles. The van der Waals surface area contributed by atoms with Gasteiger partial charge in [-0.2, -0.15) is 0 Å². The van der Waals surface area contributed by atoms with Crippen molar-refractivity contribution in [1.29, 1.82) is 0 Å². The maximum absolute atomic E-state index is 6.37. The van der Waals surface area contributed by atoms with E-state index in [2.05, 4.69) is 170 Å². The van der Waals surface area contributed by atoms with E-state index in [1.54, 1.807) is 11.3 Å². The minimum absolute atomic E-state index is 0.600. The van der Waals surface area contributed by atoms with Crippen LogP contribution in [0.5, 0.6) is 0 Å². The fourth-order valence-corrected chi connectivity index (χ4v) is 9.61. The number of rotatable bonds is 6. The Kier molecular flexibility index (Phi) is 7.96. The van der Waals surface area contributed by atoms with Gasteiger partial charge < -0.3 is 4.42 Å². The molecule has 0 N–H and O–H groups in total. The third-order valence-electron chi connectivity index (χ3n) is 11.4. The first kappa shape index (κ1) is 34.3. The van der Waals surface area contributed by atoms with Crippen molar-refractivity contribution in [2.45, 2.75) is 0 Å². The third-order valence-corrected chi connectivity index (χ3v) is 12.6. The Morgan fingerprint density at radius 2 is 0.867 bits per heavy atom. The maximum Gasteiger partial charge on any atom is 0.164 e. The van der Waals surface area contributed by atoms with E-state index in [0.717, 1.165) is 77.7 Å². The van der Waals surface area contributed by atoms with Crippen molar-refractivity contribution in [2.75, 3.05) is 0 Å². The van der Waals surface area contributed by atoms with E-state index >= 15 is 0 Å². The molecule has 0 aliphatic carbocycles. The highest BCUT2D eigenvalue weighted by Gasteiger charge is 2.18. The molecule has 0 aliphatic rings. The molecule has 12 rings (SSSR count). The third kappa shape index (κ3) is 5.76. The van der Waals surface area contributed by atoms with Crippen molar-refractivity contribution < 1.29 is 4.42 Å². The Hall–Kier alpha value is -7.80. The van der Waals surface area contributed by atoms with Gasteiger partial charge in [0, 0.05) is 59.4 Å². The smallest absolute Gasteiger partial charge is 0.164 e. The summed E-state index contributed by atoms with van der Waals surface area (Å²) < 4.78 is 8.81. The highest BCUT2D eigenvalue weighted by atomic mass is 32.1. The van der Waals surface area contributed by atoms with E-state index in [4.69, 9.17) is 24.4 Å². The van der Waals surface area contributed by atoms with Crippen LogP contribution in [-0.2, 0) is 0 Å². The van der Waals surface area contributed by atoms with Gasteiger partial charge in [-0.25, -0.2) is 19.9 Å². The number of pyridine rings is 1. The Morgan fingerprint density at radius 1 is 0.350 bits per heavy atom. The fraction of sp³-hybridized carbons (Fsp3) is 0. The van der Waals surface area contributed by atoms with Crippen LogP contribution in [0.25, 0.3) is 121 Å². The monoisotopic (exact) mass is 784 g/mol. The number of fused-ring (bicyclic) bond motifs is 8. The number of benzene rings is 8. The summed E-state index contributed by atoms with van der Waals surface area (Å²) >= 11 is 1.80. The van der Waals surface area contributed by atoms with Gasteiger partial charge in [-0.05, 0) is 34.9 Å². The summed E-state index contributed by atoms with van der Waals surface area (Å²) in [5.74, 6) is 1.81. The summed E-state index contributed by atoms with van der Waals surface area (Å²) in [4.78, 5) is 20.5. The number of aromatic nitrogens is 4. The van der Waals surface area contributed by atoms with Crippen LogP contribution in [0.4, 0.5) is 0 Å². The molecule has 4 aromatic heterocycles. The first-order chi connectivity index (χ1) is 29.7. The van der Waals surface area contributed by atoms with Gasteiger partial charge in [0.1, 0.15) is 11.2 Å². The Labute approximate surface area is 348 Å². The van der Waals surface area contributed by atoms with Crippen LogP contribution < -0.4 is 0 Å². The quantitative estimate of drug-likeness (QED) is 0.168. The Morgan fingerprint density at radius 3 is 1.57 bits per heavy atom. The Balaban J connectivity index is 0.958. The van der Waals surface area contributed by atoms with Gasteiger partial charge in [-0.1, -0.05) is 176 Å². The molecule has 0 spiro atoms. The molecule has 12 aromatic rings.